The molecule has 2 rings (SSSR count). The van der Waals surface area contributed by atoms with Crippen LogP contribution in [0.2, 0.25) is 0 Å². The van der Waals surface area contributed by atoms with Crippen LogP contribution in [0.1, 0.15) is 0 Å². The highest BCUT2D eigenvalue weighted by atomic mass is 79.9. The molecule has 0 radical (unpaired) electrons. The second-order valence-electron chi connectivity index (χ2n) is 3.05. The molecular formula is C12H12BrO3P. The lowest BCUT2D eigenvalue weighted by molar-refractivity contribution is 0.382. The zero-order valence-electron chi connectivity index (χ0n) is 8.89. The molecule has 0 aromatic heterocycles. The summed E-state index contributed by atoms with van der Waals surface area (Å²) in [5, 5.41) is 0. The summed E-state index contributed by atoms with van der Waals surface area (Å²) in [5.74, 6) is 1.18. The predicted octanol–water partition coefficient (Wildman–Crippen LogP) is 3.94. The van der Waals surface area contributed by atoms with E-state index in [1.54, 1.807) is 24.3 Å². The van der Waals surface area contributed by atoms with Crippen LogP contribution in [-0.4, -0.2) is 4.89 Å². The van der Waals surface area contributed by atoms with Gasteiger partial charge in [-0.25, -0.2) is 0 Å². The van der Waals surface area contributed by atoms with Gasteiger partial charge in [-0.15, -0.1) is 17.0 Å². The molecule has 0 saturated heterocycles. The van der Waals surface area contributed by atoms with Crippen molar-refractivity contribution in [1.29, 1.82) is 0 Å². The highest BCUT2D eigenvalue weighted by molar-refractivity contribution is 8.93. The topological polar surface area (TPSA) is 38.7 Å². The molecule has 2 aromatic rings. The van der Waals surface area contributed by atoms with Gasteiger partial charge in [-0.05, 0) is 24.3 Å². The molecule has 2 aromatic carbocycles. The van der Waals surface area contributed by atoms with E-state index in [9.17, 15) is 4.89 Å². The predicted molar refractivity (Wildman–Crippen MR) is 73.6 cm³/mol. The molecule has 1 N–H and O–H groups in total. The number of benzene rings is 2. The maximum Gasteiger partial charge on any atom is 0.460 e. The van der Waals surface area contributed by atoms with E-state index in [0.29, 0.717) is 11.5 Å². The van der Waals surface area contributed by atoms with Crippen LogP contribution < -0.4 is 9.05 Å². The van der Waals surface area contributed by atoms with E-state index in [0.717, 1.165) is 0 Å². The first-order valence-corrected chi connectivity index (χ1v) is 5.93. The average molecular weight is 315 g/mol. The lowest BCUT2D eigenvalue weighted by atomic mass is 10.3. The van der Waals surface area contributed by atoms with Gasteiger partial charge >= 0.3 is 8.60 Å². The molecule has 0 saturated carbocycles. The van der Waals surface area contributed by atoms with Gasteiger partial charge in [0.05, 0.1) is 0 Å². The van der Waals surface area contributed by atoms with E-state index >= 15 is 0 Å². The van der Waals surface area contributed by atoms with Crippen molar-refractivity contribution in [2.45, 2.75) is 0 Å². The molecule has 0 bridgehead atoms. The molecule has 17 heavy (non-hydrogen) atoms. The third-order valence-electron chi connectivity index (χ3n) is 1.85. The Hall–Kier alpha value is -1.09. The number of hydrogen-bond donors (Lipinski definition) is 1. The molecule has 0 unspecified atom stereocenters. The Morgan fingerprint density at radius 2 is 1.06 bits per heavy atom. The normalized spacial score (nSPS) is 9.53. The van der Waals surface area contributed by atoms with Gasteiger partial charge in [0.2, 0.25) is 0 Å². The summed E-state index contributed by atoms with van der Waals surface area (Å²) in [7, 11) is -1.93. The molecular weight excluding hydrogens is 303 g/mol. The molecule has 0 spiro atoms. The minimum atomic E-state index is -1.93. The van der Waals surface area contributed by atoms with Gasteiger partial charge in [-0.3, -0.25) is 0 Å². The minimum Gasteiger partial charge on any atom is -0.418 e. The van der Waals surface area contributed by atoms with Crippen LogP contribution in [0.3, 0.4) is 0 Å². The summed E-state index contributed by atoms with van der Waals surface area (Å²) in [4.78, 5) is 9.58. The molecule has 0 aliphatic carbocycles. The zero-order chi connectivity index (χ0) is 11.2. The quantitative estimate of drug-likeness (QED) is 0.869. The van der Waals surface area contributed by atoms with Gasteiger partial charge < -0.3 is 13.9 Å². The molecule has 0 amide bonds. The van der Waals surface area contributed by atoms with Gasteiger partial charge in [-0.2, -0.15) is 0 Å². The van der Waals surface area contributed by atoms with Crippen molar-refractivity contribution in [3.05, 3.63) is 60.7 Å². The first-order valence-electron chi connectivity index (χ1n) is 4.79. The highest BCUT2D eigenvalue weighted by Crippen LogP contribution is 2.35. The summed E-state index contributed by atoms with van der Waals surface area (Å²) in [6.07, 6.45) is 0. The van der Waals surface area contributed by atoms with Crippen molar-refractivity contribution in [3.8, 4) is 11.5 Å². The first-order chi connectivity index (χ1) is 7.84. The summed E-state index contributed by atoms with van der Waals surface area (Å²) in [6, 6.07) is 18.2. The van der Waals surface area contributed by atoms with Crippen LogP contribution in [0, 0.1) is 0 Å². The molecule has 5 heteroatoms. The van der Waals surface area contributed by atoms with Crippen molar-refractivity contribution in [2.75, 3.05) is 0 Å². The largest absolute Gasteiger partial charge is 0.460 e. The van der Waals surface area contributed by atoms with Crippen LogP contribution in [-0.2, 0) is 0 Å². The maximum absolute atomic E-state index is 9.58. The van der Waals surface area contributed by atoms with Gasteiger partial charge in [-0.1, -0.05) is 36.4 Å². The Labute approximate surface area is 112 Å². The van der Waals surface area contributed by atoms with Crippen LogP contribution in [0.25, 0.3) is 0 Å². The Morgan fingerprint density at radius 1 is 0.706 bits per heavy atom. The maximum atomic E-state index is 9.58. The lowest BCUT2D eigenvalue weighted by Crippen LogP contribution is -1.93. The Morgan fingerprint density at radius 3 is 1.41 bits per heavy atom. The smallest absolute Gasteiger partial charge is 0.418 e. The van der Waals surface area contributed by atoms with E-state index in [2.05, 4.69) is 0 Å². The van der Waals surface area contributed by atoms with Gasteiger partial charge in [0, 0.05) is 0 Å². The van der Waals surface area contributed by atoms with E-state index in [4.69, 9.17) is 9.05 Å². The van der Waals surface area contributed by atoms with Gasteiger partial charge in [0.1, 0.15) is 11.5 Å². The standard InChI is InChI=1S/C12H11O3P.BrH/c13-16(14-11-7-3-1-4-8-11)15-12-9-5-2-6-10-12;/h1-10,13H;1H. The third-order valence-corrected chi connectivity index (χ3v) is 2.59. The number of hydrogen-bond acceptors (Lipinski definition) is 3. The van der Waals surface area contributed by atoms with E-state index in [1.165, 1.54) is 0 Å². The lowest BCUT2D eigenvalue weighted by Gasteiger charge is -2.11. The molecule has 0 atom stereocenters. The molecule has 3 nitrogen and oxygen atoms in total. The summed E-state index contributed by atoms with van der Waals surface area (Å²) >= 11 is 0. The second kappa shape index (κ2) is 7.28. The first kappa shape index (κ1) is 14.0. The monoisotopic (exact) mass is 314 g/mol. The minimum absolute atomic E-state index is 0. The van der Waals surface area contributed by atoms with Gasteiger partial charge in [0.15, 0.2) is 0 Å². The fourth-order valence-corrected chi connectivity index (χ4v) is 1.80. The van der Waals surface area contributed by atoms with Gasteiger partial charge in [0.25, 0.3) is 0 Å². The molecule has 0 fully saturated rings. The van der Waals surface area contributed by atoms with Crippen LogP contribution >= 0.6 is 25.6 Å². The zero-order valence-corrected chi connectivity index (χ0v) is 11.5. The van der Waals surface area contributed by atoms with E-state index < -0.39 is 8.60 Å². The molecule has 0 heterocycles. The number of rotatable bonds is 4. The van der Waals surface area contributed by atoms with Crippen LogP contribution in [0.5, 0.6) is 11.5 Å². The van der Waals surface area contributed by atoms with Crippen molar-refractivity contribution >= 4 is 25.6 Å². The van der Waals surface area contributed by atoms with Crippen LogP contribution in [0.4, 0.5) is 0 Å². The summed E-state index contributed by atoms with van der Waals surface area (Å²) in [6.45, 7) is 0. The summed E-state index contributed by atoms with van der Waals surface area (Å²) in [5.41, 5.74) is 0. The molecule has 0 aliphatic heterocycles. The SMILES string of the molecule is Br.OP(Oc1ccccc1)Oc1ccccc1. The Balaban J connectivity index is 0.00000144. The highest BCUT2D eigenvalue weighted by Gasteiger charge is 2.10. The fourth-order valence-electron chi connectivity index (χ4n) is 1.16. The molecule has 0 aliphatic rings. The van der Waals surface area contributed by atoms with E-state index in [1.807, 2.05) is 36.4 Å². The van der Waals surface area contributed by atoms with Crippen LogP contribution in [0.15, 0.2) is 60.7 Å². The summed E-state index contributed by atoms with van der Waals surface area (Å²) < 4.78 is 10.4. The van der Waals surface area contributed by atoms with E-state index in [-0.39, 0.29) is 17.0 Å². The molecule has 90 valence electrons. The number of para-hydroxylation sites is 2. The average Bonchev–Trinajstić information content (AvgIpc) is 2.31. The Kier molecular flexibility index (Phi) is 5.98. The Bertz CT molecular complexity index is 383. The van der Waals surface area contributed by atoms with Crippen molar-refractivity contribution in [3.63, 3.8) is 0 Å². The van der Waals surface area contributed by atoms with Crippen molar-refractivity contribution in [1.82, 2.24) is 0 Å². The second-order valence-corrected chi connectivity index (χ2v) is 3.89. The van der Waals surface area contributed by atoms with Crippen molar-refractivity contribution in [2.24, 2.45) is 0 Å². The third kappa shape index (κ3) is 4.73. The fraction of sp³-hybridized carbons (Fsp3) is 0. The van der Waals surface area contributed by atoms with Crippen molar-refractivity contribution < 1.29 is 13.9 Å². The number of halogens is 1.